The van der Waals surface area contributed by atoms with E-state index in [4.69, 9.17) is 4.74 Å². The molecule has 0 aromatic rings. The van der Waals surface area contributed by atoms with E-state index in [1.807, 2.05) is 0 Å². The van der Waals surface area contributed by atoms with Crippen LogP contribution in [0.3, 0.4) is 0 Å². The lowest BCUT2D eigenvalue weighted by atomic mass is 9.89. The van der Waals surface area contributed by atoms with Crippen molar-refractivity contribution in [3.63, 3.8) is 0 Å². The van der Waals surface area contributed by atoms with Crippen LogP contribution in [0.15, 0.2) is 0 Å². The number of halogens is 2. The van der Waals surface area contributed by atoms with Crippen LogP contribution in [-0.2, 0) is 9.53 Å². The largest absolute Gasteiger partial charge is 0.384 e. The van der Waals surface area contributed by atoms with Crippen LogP contribution in [0.2, 0.25) is 0 Å². The molecule has 2 nitrogen and oxygen atoms in total. The Bertz CT molecular complexity index is 182. The van der Waals surface area contributed by atoms with E-state index in [2.05, 4.69) is 0 Å². The molecule has 0 amide bonds. The molecule has 0 bridgehead atoms. The number of ether oxygens (including phenoxy) is 1. The van der Waals surface area contributed by atoms with E-state index in [1.54, 1.807) is 0 Å². The molecule has 70 valence electrons. The summed E-state index contributed by atoms with van der Waals surface area (Å²) in [4.78, 5) is 10.6. The van der Waals surface area contributed by atoms with Crippen LogP contribution in [0, 0.1) is 5.41 Å². The van der Waals surface area contributed by atoms with Gasteiger partial charge in [-0.3, -0.25) is 0 Å². The second-order valence-electron chi connectivity index (χ2n) is 3.45. The molecule has 0 aromatic heterocycles. The molecular weight excluding hydrogens is 166 g/mol. The predicted molar refractivity (Wildman–Crippen MR) is 39.2 cm³/mol. The fourth-order valence-electron chi connectivity index (χ4n) is 1.67. The quantitative estimate of drug-likeness (QED) is 0.614. The van der Waals surface area contributed by atoms with Gasteiger partial charge in [0.15, 0.2) is 0 Å². The molecule has 1 aliphatic rings. The molecule has 1 saturated carbocycles. The zero-order valence-electron chi connectivity index (χ0n) is 6.98. The van der Waals surface area contributed by atoms with E-state index in [1.165, 1.54) is 7.11 Å². The molecule has 0 aliphatic heterocycles. The summed E-state index contributed by atoms with van der Waals surface area (Å²) >= 11 is 0. The van der Waals surface area contributed by atoms with E-state index in [-0.39, 0.29) is 25.9 Å². The Labute approximate surface area is 69.9 Å². The van der Waals surface area contributed by atoms with Crippen molar-refractivity contribution in [2.75, 3.05) is 13.7 Å². The smallest absolute Gasteiger partial charge is 0.249 e. The van der Waals surface area contributed by atoms with Gasteiger partial charge >= 0.3 is 0 Å². The van der Waals surface area contributed by atoms with E-state index in [9.17, 15) is 13.6 Å². The molecule has 1 unspecified atom stereocenters. The van der Waals surface area contributed by atoms with Crippen LogP contribution in [0.5, 0.6) is 0 Å². The number of hydrogen-bond acceptors (Lipinski definition) is 2. The van der Waals surface area contributed by atoms with Crippen molar-refractivity contribution in [3.05, 3.63) is 0 Å². The summed E-state index contributed by atoms with van der Waals surface area (Å²) in [7, 11) is 1.42. The normalized spacial score (nSPS) is 33.6. The summed E-state index contributed by atoms with van der Waals surface area (Å²) in [6, 6.07) is 0. The van der Waals surface area contributed by atoms with Crippen LogP contribution in [0.4, 0.5) is 8.78 Å². The Morgan fingerprint density at radius 2 is 2.17 bits per heavy atom. The highest BCUT2D eigenvalue weighted by atomic mass is 19.3. The Balaban J connectivity index is 2.65. The zero-order valence-corrected chi connectivity index (χ0v) is 6.98. The first-order valence-electron chi connectivity index (χ1n) is 3.87. The van der Waals surface area contributed by atoms with Crippen LogP contribution in [0.25, 0.3) is 0 Å². The molecule has 0 saturated heterocycles. The molecule has 1 atom stereocenters. The van der Waals surface area contributed by atoms with Crippen molar-refractivity contribution in [1.29, 1.82) is 0 Å². The van der Waals surface area contributed by atoms with Crippen molar-refractivity contribution >= 4 is 6.29 Å². The van der Waals surface area contributed by atoms with Gasteiger partial charge in [0.2, 0.25) is 5.92 Å². The van der Waals surface area contributed by atoms with Gasteiger partial charge in [0.25, 0.3) is 0 Å². The molecule has 0 N–H and O–H groups in total. The lowest BCUT2D eigenvalue weighted by molar-refractivity contribution is -0.120. The summed E-state index contributed by atoms with van der Waals surface area (Å²) in [5, 5.41) is 0. The Hall–Kier alpha value is -0.510. The molecule has 1 fully saturated rings. The highest BCUT2D eigenvalue weighted by Gasteiger charge is 2.49. The van der Waals surface area contributed by atoms with E-state index in [0.717, 1.165) is 0 Å². The van der Waals surface area contributed by atoms with E-state index in [0.29, 0.717) is 6.29 Å². The highest BCUT2D eigenvalue weighted by molar-refractivity contribution is 5.60. The first-order valence-corrected chi connectivity index (χ1v) is 3.87. The summed E-state index contributed by atoms with van der Waals surface area (Å²) < 4.78 is 30.2. The first kappa shape index (κ1) is 9.58. The molecule has 0 aromatic carbocycles. The molecule has 1 aliphatic carbocycles. The third-order valence-electron chi connectivity index (χ3n) is 2.28. The van der Waals surface area contributed by atoms with E-state index < -0.39 is 11.3 Å². The zero-order chi connectivity index (χ0) is 9.24. The lowest BCUT2D eigenvalue weighted by Crippen LogP contribution is -2.27. The minimum absolute atomic E-state index is 0.103. The number of methoxy groups -OCH3 is 1. The average Bonchev–Trinajstić information content (AvgIpc) is 2.29. The summed E-state index contributed by atoms with van der Waals surface area (Å²) in [5.41, 5.74) is -0.932. The van der Waals surface area contributed by atoms with Gasteiger partial charge in [0.05, 0.1) is 12.0 Å². The fourth-order valence-corrected chi connectivity index (χ4v) is 1.67. The van der Waals surface area contributed by atoms with Gasteiger partial charge in [-0.2, -0.15) is 0 Å². The number of hydrogen-bond donors (Lipinski definition) is 0. The van der Waals surface area contributed by atoms with Crippen molar-refractivity contribution in [2.24, 2.45) is 5.41 Å². The maximum Gasteiger partial charge on any atom is 0.249 e. The van der Waals surface area contributed by atoms with Gasteiger partial charge < -0.3 is 9.53 Å². The molecule has 0 radical (unpaired) electrons. The van der Waals surface area contributed by atoms with Crippen LogP contribution in [0.1, 0.15) is 19.3 Å². The molecule has 0 spiro atoms. The first-order chi connectivity index (χ1) is 5.54. The van der Waals surface area contributed by atoms with Gasteiger partial charge in [0, 0.05) is 20.0 Å². The number of carbonyl (C=O) groups excluding carboxylic acids is 1. The minimum atomic E-state index is -2.68. The van der Waals surface area contributed by atoms with Gasteiger partial charge in [-0.15, -0.1) is 0 Å². The second-order valence-corrected chi connectivity index (χ2v) is 3.45. The second kappa shape index (κ2) is 3.09. The highest BCUT2D eigenvalue weighted by Crippen LogP contribution is 2.46. The molecular formula is C8H12F2O2. The summed E-state index contributed by atoms with van der Waals surface area (Å²) in [6.07, 6.45) is 0.279. The predicted octanol–water partition coefficient (Wildman–Crippen LogP) is 1.64. The molecule has 12 heavy (non-hydrogen) atoms. The summed E-state index contributed by atoms with van der Waals surface area (Å²) in [6.45, 7) is 0.103. The van der Waals surface area contributed by atoms with Crippen LogP contribution < -0.4 is 0 Å². The van der Waals surface area contributed by atoms with Crippen molar-refractivity contribution in [3.8, 4) is 0 Å². The van der Waals surface area contributed by atoms with Gasteiger partial charge in [-0.05, 0) is 6.42 Å². The average molecular weight is 178 g/mol. The number of alkyl halides is 2. The molecule has 0 heterocycles. The standard InChI is InChI=1S/C8H12F2O2/c1-12-6-7(5-11)2-3-8(9,10)4-7/h5H,2-4,6H2,1H3. The maximum absolute atomic E-state index is 12.7. The van der Waals surface area contributed by atoms with Crippen molar-refractivity contribution < 1.29 is 18.3 Å². The van der Waals surface area contributed by atoms with Crippen LogP contribution in [-0.4, -0.2) is 25.9 Å². The number of carbonyl (C=O) groups is 1. The Morgan fingerprint density at radius 1 is 1.50 bits per heavy atom. The topological polar surface area (TPSA) is 26.3 Å². The Kier molecular flexibility index (Phi) is 2.46. The lowest BCUT2D eigenvalue weighted by Gasteiger charge is -2.20. The minimum Gasteiger partial charge on any atom is -0.384 e. The number of aldehydes is 1. The van der Waals surface area contributed by atoms with Crippen LogP contribution >= 0.6 is 0 Å². The third-order valence-corrected chi connectivity index (χ3v) is 2.28. The summed E-state index contributed by atoms with van der Waals surface area (Å²) in [5.74, 6) is -2.68. The third kappa shape index (κ3) is 1.80. The SMILES string of the molecule is COCC1(C=O)CCC(F)(F)C1. The van der Waals surface area contributed by atoms with Gasteiger partial charge in [0.1, 0.15) is 6.29 Å². The molecule has 4 heteroatoms. The number of rotatable bonds is 3. The molecule has 1 rings (SSSR count). The Morgan fingerprint density at radius 3 is 2.50 bits per heavy atom. The van der Waals surface area contributed by atoms with Crippen molar-refractivity contribution in [1.82, 2.24) is 0 Å². The monoisotopic (exact) mass is 178 g/mol. The van der Waals surface area contributed by atoms with Gasteiger partial charge in [-0.25, -0.2) is 8.78 Å². The fraction of sp³-hybridized carbons (Fsp3) is 0.875. The van der Waals surface area contributed by atoms with Crippen molar-refractivity contribution in [2.45, 2.75) is 25.2 Å². The van der Waals surface area contributed by atoms with Gasteiger partial charge in [-0.1, -0.05) is 0 Å². The maximum atomic E-state index is 12.7. The van der Waals surface area contributed by atoms with E-state index >= 15 is 0 Å².